The molecule has 0 unspecified atom stereocenters. The highest BCUT2D eigenvalue weighted by Crippen LogP contribution is 2.24. The van der Waals surface area contributed by atoms with Gasteiger partial charge in [0.1, 0.15) is 0 Å². The van der Waals surface area contributed by atoms with E-state index in [-0.39, 0.29) is 0 Å². The van der Waals surface area contributed by atoms with Crippen LogP contribution >= 0.6 is 23.4 Å². The minimum absolute atomic E-state index is 0.899. The fourth-order valence-corrected chi connectivity index (χ4v) is 2.15. The van der Waals surface area contributed by atoms with E-state index in [2.05, 4.69) is 32.0 Å². The van der Waals surface area contributed by atoms with Gasteiger partial charge >= 0.3 is 0 Å². The highest BCUT2D eigenvalue weighted by molar-refractivity contribution is 7.99. The molecular weight excluding hydrogens is 188 g/mol. The zero-order chi connectivity index (χ0) is 8.97. The molecule has 0 aliphatic rings. The molecule has 0 heterocycles. The zero-order valence-corrected chi connectivity index (χ0v) is 9.00. The molecule has 66 valence electrons. The van der Waals surface area contributed by atoms with Gasteiger partial charge in [0, 0.05) is 9.92 Å². The molecule has 0 nitrogen and oxygen atoms in total. The largest absolute Gasteiger partial charge is 0.126 e. The predicted molar refractivity (Wildman–Crippen MR) is 57.2 cm³/mol. The fraction of sp³-hybridized carbons (Fsp3) is 0.400. The molecular formula is C10H13ClS. The van der Waals surface area contributed by atoms with E-state index in [9.17, 15) is 0 Å². The first-order chi connectivity index (χ1) is 5.77. The van der Waals surface area contributed by atoms with E-state index in [1.54, 1.807) is 0 Å². The van der Waals surface area contributed by atoms with Crippen molar-refractivity contribution in [3.05, 3.63) is 28.8 Å². The first kappa shape index (κ1) is 9.94. The van der Waals surface area contributed by atoms with Crippen molar-refractivity contribution in [2.45, 2.75) is 25.2 Å². The van der Waals surface area contributed by atoms with Crippen LogP contribution < -0.4 is 0 Å². The van der Waals surface area contributed by atoms with E-state index < -0.39 is 0 Å². The monoisotopic (exact) mass is 200 g/mol. The van der Waals surface area contributed by atoms with Crippen LogP contribution in [0.25, 0.3) is 0 Å². The molecule has 2 heteroatoms. The van der Waals surface area contributed by atoms with Crippen LogP contribution in [0.15, 0.2) is 23.1 Å². The van der Waals surface area contributed by atoms with Crippen LogP contribution in [0, 0.1) is 0 Å². The molecule has 0 aliphatic heterocycles. The summed E-state index contributed by atoms with van der Waals surface area (Å²) in [6, 6.07) is 6.30. The Morgan fingerprint density at radius 2 is 2.08 bits per heavy atom. The van der Waals surface area contributed by atoms with Crippen molar-refractivity contribution in [1.82, 2.24) is 0 Å². The molecule has 0 atom stereocenters. The lowest BCUT2D eigenvalue weighted by molar-refractivity contribution is 1.13. The summed E-state index contributed by atoms with van der Waals surface area (Å²) in [6.07, 6.45) is 1.01. The van der Waals surface area contributed by atoms with Gasteiger partial charge in [-0.1, -0.05) is 31.5 Å². The third kappa shape index (κ3) is 2.43. The first-order valence-electron chi connectivity index (χ1n) is 4.19. The van der Waals surface area contributed by atoms with Crippen molar-refractivity contribution < 1.29 is 0 Å². The second-order valence-electron chi connectivity index (χ2n) is 2.54. The highest BCUT2D eigenvalue weighted by atomic mass is 35.5. The number of aryl methyl sites for hydroxylation is 1. The Kier molecular flexibility index (Phi) is 3.96. The van der Waals surface area contributed by atoms with Gasteiger partial charge in [-0.3, -0.25) is 0 Å². The summed E-state index contributed by atoms with van der Waals surface area (Å²) in [4.78, 5) is 1.26. The van der Waals surface area contributed by atoms with Gasteiger partial charge < -0.3 is 0 Å². The van der Waals surface area contributed by atoms with Crippen LogP contribution in [0.2, 0.25) is 5.02 Å². The molecule has 0 saturated carbocycles. The molecule has 1 aromatic carbocycles. The lowest BCUT2D eigenvalue weighted by Crippen LogP contribution is -1.82. The van der Waals surface area contributed by atoms with Gasteiger partial charge in [-0.2, -0.15) is 0 Å². The van der Waals surface area contributed by atoms with Gasteiger partial charge in [0.05, 0.1) is 0 Å². The lowest BCUT2D eigenvalue weighted by Gasteiger charge is -2.03. The maximum Gasteiger partial charge on any atom is 0.0449 e. The predicted octanol–water partition coefficient (Wildman–Crippen LogP) is 4.01. The Labute approximate surface area is 83.3 Å². The topological polar surface area (TPSA) is 0 Å². The third-order valence-electron chi connectivity index (χ3n) is 1.72. The van der Waals surface area contributed by atoms with Crippen LogP contribution in [0.3, 0.4) is 0 Å². The highest BCUT2D eigenvalue weighted by Gasteiger charge is 1.98. The summed E-state index contributed by atoms with van der Waals surface area (Å²) in [5.41, 5.74) is 1.23. The second kappa shape index (κ2) is 4.78. The van der Waals surface area contributed by atoms with Crippen LogP contribution in [-0.4, -0.2) is 5.75 Å². The number of halogens is 1. The van der Waals surface area contributed by atoms with Gasteiger partial charge in [0.2, 0.25) is 0 Å². The maximum absolute atomic E-state index is 6.05. The van der Waals surface area contributed by atoms with Gasteiger partial charge in [0.15, 0.2) is 0 Å². The fourth-order valence-electron chi connectivity index (χ4n) is 1.07. The molecule has 0 fully saturated rings. The normalized spacial score (nSPS) is 10.2. The van der Waals surface area contributed by atoms with E-state index in [0.29, 0.717) is 0 Å². The average Bonchev–Trinajstić information content (AvgIpc) is 2.05. The van der Waals surface area contributed by atoms with Crippen molar-refractivity contribution >= 4 is 23.4 Å². The molecule has 0 spiro atoms. The molecule has 0 saturated heterocycles. The van der Waals surface area contributed by atoms with Crippen LogP contribution in [0.4, 0.5) is 0 Å². The van der Waals surface area contributed by atoms with Crippen LogP contribution in [0.1, 0.15) is 19.4 Å². The van der Waals surface area contributed by atoms with Crippen molar-refractivity contribution in [2.75, 3.05) is 5.75 Å². The molecule has 0 aliphatic carbocycles. The van der Waals surface area contributed by atoms with Gasteiger partial charge in [0.25, 0.3) is 0 Å². The summed E-state index contributed by atoms with van der Waals surface area (Å²) < 4.78 is 0. The molecule has 0 amide bonds. The Morgan fingerprint density at radius 3 is 2.58 bits per heavy atom. The molecule has 0 radical (unpaired) electrons. The Morgan fingerprint density at radius 1 is 1.33 bits per heavy atom. The standard InChI is InChI=1S/C10H13ClS/c1-3-8-5-6-9(12-4-2)7-10(8)11/h5-7H,3-4H2,1-2H3. The summed E-state index contributed by atoms with van der Waals surface area (Å²) in [7, 11) is 0. The van der Waals surface area contributed by atoms with E-state index in [1.165, 1.54) is 10.5 Å². The maximum atomic E-state index is 6.05. The summed E-state index contributed by atoms with van der Waals surface area (Å²) in [5, 5.41) is 0.899. The lowest BCUT2D eigenvalue weighted by atomic mass is 10.2. The Balaban J connectivity index is 2.86. The molecule has 0 N–H and O–H groups in total. The second-order valence-corrected chi connectivity index (χ2v) is 4.28. The summed E-state index contributed by atoms with van der Waals surface area (Å²) in [6.45, 7) is 4.26. The van der Waals surface area contributed by atoms with E-state index in [1.807, 2.05) is 11.8 Å². The van der Waals surface area contributed by atoms with Crippen molar-refractivity contribution in [1.29, 1.82) is 0 Å². The number of rotatable bonds is 3. The van der Waals surface area contributed by atoms with Crippen molar-refractivity contribution in [3.8, 4) is 0 Å². The van der Waals surface area contributed by atoms with Crippen LogP contribution in [0.5, 0.6) is 0 Å². The zero-order valence-electron chi connectivity index (χ0n) is 7.43. The molecule has 0 bridgehead atoms. The first-order valence-corrected chi connectivity index (χ1v) is 5.55. The van der Waals surface area contributed by atoms with Crippen molar-refractivity contribution in [2.24, 2.45) is 0 Å². The van der Waals surface area contributed by atoms with Gasteiger partial charge in [-0.05, 0) is 29.9 Å². The third-order valence-corrected chi connectivity index (χ3v) is 2.94. The average molecular weight is 201 g/mol. The van der Waals surface area contributed by atoms with Crippen LogP contribution in [-0.2, 0) is 6.42 Å². The minimum Gasteiger partial charge on any atom is -0.126 e. The molecule has 0 aromatic heterocycles. The Bertz CT molecular complexity index is 258. The number of hydrogen-bond donors (Lipinski definition) is 0. The van der Waals surface area contributed by atoms with E-state index in [0.717, 1.165) is 17.2 Å². The molecule has 12 heavy (non-hydrogen) atoms. The van der Waals surface area contributed by atoms with Crippen molar-refractivity contribution in [3.63, 3.8) is 0 Å². The van der Waals surface area contributed by atoms with E-state index in [4.69, 9.17) is 11.6 Å². The smallest absolute Gasteiger partial charge is 0.0449 e. The Hall–Kier alpha value is -0.140. The van der Waals surface area contributed by atoms with E-state index >= 15 is 0 Å². The molecule has 1 rings (SSSR count). The summed E-state index contributed by atoms with van der Waals surface area (Å²) in [5.74, 6) is 1.10. The number of thioether (sulfide) groups is 1. The number of benzene rings is 1. The molecule has 1 aromatic rings. The minimum atomic E-state index is 0.899. The summed E-state index contributed by atoms with van der Waals surface area (Å²) >= 11 is 7.88. The van der Waals surface area contributed by atoms with Gasteiger partial charge in [-0.25, -0.2) is 0 Å². The SMILES string of the molecule is CCSc1ccc(CC)c(Cl)c1. The van der Waals surface area contributed by atoms with Gasteiger partial charge in [-0.15, -0.1) is 11.8 Å². The number of hydrogen-bond acceptors (Lipinski definition) is 1. The quantitative estimate of drug-likeness (QED) is 0.665.